The van der Waals surface area contributed by atoms with Gasteiger partial charge in [0.15, 0.2) is 0 Å². The van der Waals surface area contributed by atoms with Gasteiger partial charge in [0, 0.05) is 17.7 Å². The number of non-ortho nitro benzene ring substituents is 1. The van der Waals surface area contributed by atoms with Crippen LogP contribution in [-0.4, -0.2) is 29.3 Å². The van der Waals surface area contributed by atoms with Gasteiger partial charge in [0.25, 0.3) is 5.69 Å². The van der Waals surface area contributed by atoms with E-state index in [1.807, 2.05) is 50.2 Å². The molecule has 0 fully saturated rings. The molecule has 0 radical (unpaired) electrons. The van der Waals surface area contributed by atoms with E-state index in [1.54, 1.807) is 6.07 Å². The van der Waals surface area contributed by atoms with Crippen LogP contribution in [-0.2, 0) is 0 Å². The van der Waals surface area contributed by atoms with Crippen LogP contribution in [0.2, 0.25) is 0 Å². The summed E-state index contributed by atoms with van der Waals surface area (Å²) in [5.41, 5.74) is 6.44. The number of aromatic nitrogens is 1. The molecule has 0 saturated carbocycles. The van der Waals surface area contributed by atoms with Crippen LogP contribution in [0.15, 0.2) is 65.8 Å². The fraction of sp³-hybridized carbons (Fsp3) is 0.167. The van der Waals surface area contributed by atoms with Gasteiger partial charge in [-0.15, -0.1) is 0 Å². The van der Waals surface area contributed by atoms with Gasteiger partial charge in [-0.2, -0.15) is 5.10 Å². The van der Waals surface area contributed by atoms with Crippen molar-refractivity contribution in [1.82, 2.24) is 4.98 Å². The second-order valence-corrected chi connectivity index (χ2v) is 8.39. The maximum atomic E-state index is 11.2. The highest BCUT2D eigenvalue weighted by Gasteiger charge is 2.11. The van der Waals surface area contributed by atoms with E-state index in [0.717, 1.165) is 27.1 Å². The van der Waals surface area contributed by atoms with E-state index in [-0.39, 0.29) is 12.3 Å². The Morgan fingerprint density at radius 1 is 1.06 bits per heavy atom. The summed E-state index contributed by atoms with van der Waals surface area (Å²) < 4.78 is 12.6. The first-order valence-corrected chi connectivity index (χ1v) is 11.1. The standard InChI is InChI=1S/C24H22N4O4S/c1-16-11-17(2)13-20(12-16)31-9-10-32-22-8-7-19(28(29)30)14-18(22)15-25-27-24-26-21-5-3-4-6-23(21)33-24/h3-8,11-15H,9-10H2,1-2H3,(H,26,27). The largest absolute Gasteiger partial charge is 0.490 e. The number of rotatable bonds is 9. The summed E-state index contributed by atoms with van der Waals surface area (Å²) in [6, 6.07) is 18.2. The number of hydrazone groups is 1. The molecule has 0 spiro atoms. The molecule has 4 aromatic rings. The Kier molecular flexibility index (Phi) is 6.80. The van der Waals surface area contributed by atoms with Crippen molar-refractivity contribution in [1.29, 1.82) is 0 Å². The van der Waals surface area contributed by atoms with Crippen molar-refractivity contribution in [3.63, 3.8) is 0 Å². The topological polar surface area (TPSA) is 98.9 Å². The number of thiazole rings is 1. The normalized spacial score (nSPS) is 11.1. The zero-order valence-corrected chi connectivity index (χ0v) is 19.0. The lowest BCUT2D eigenvalue weighted by molar-refractivity contribution is -0.384. The van der Waals surface area contributed by atoms with Gasteiger partial charge in [0.2, 0.25) is 5.13 Å². The minimum atomic E-state index is -0.453. The summed E-state index contributed by atoms with van der Waals surface area (Å²) in [5, 5.41) is 16.0. The molecule has 0 bridgehead atoms. The number of anilines is 1. The lowest BCUT2D eigenvalue weighted by Gasteiger charge is -2.11. The quantitative estimate of drug-likeness (QED) is 0.148. The van der Waals surface area contributed by atoms with Crippen molar-refractivity contribution in [3.05, 3.63) is 87.5 Å². The number of aryl methyl sites for hydroxylation is 2. The minimum Gasteiger partial charge on any atom is -0.490 e. The molecular weight excluding hydrogens is 440 g/mol. The highest BCUT2D eigenvalue weighted by Crippen LogP contribution is 2.26. The summed E-state index contributed by atoms with van der Waals surface area (Å²) in [6.45, 7) is 4.64. The summed E-state index contributed by atoms with van der Waals surface area (Å²) in [4.78, 5) is 15.2. The van der Waals surface area contributed by atoms with Crippen molar-refractivity contribution >= 4 is 38.6 Å². The van der Waals surface area contributed by atoms with Crippen molar-refractivity contribution in [3.8, 4) is 11.5 Å². The average molecular weight is 463 g/mol. The number of ether oxygens (including phenoxy) is 2. The molecule has 33 heavy (non-hydrogen) atoms. The van der Waals surface area contributed by atoms with Crippen molar-refractivity contribution in [2.75, 3.05) is 18.6 Å². The second-order valence-electron chi connectivity index (χ2n) is 7.36. The van der Waals surface area contributed by atoms with E-state index >= 15 is 0 Å². The van der Waals surface area contributed by atoms with Crippen LogP contribution in [0.4, 0.5) is 10.8 Å². The Balaban J connectivity index is 1.42. The van der Waals surface area contributed by atoms with Gasteiger partial charge in [-0.3, -0.25) is 15.5 Å². The number of nitro groups is 1. The third-order valence-corrected chi connectivity index (χ3v) is 5.61. The van der Waals surface area contributed by atoms with Crippen LogP contribution >= 0.6 is 11.3 Å². The molecule has 0 aliphatic carbocycles. The maximum Gasteiger partial charge on any atom is 0.270 e. The summed E-state index contributed by atoms with van der Waals surface area (Å²) in [6.07, 6.45) is 1.49. The number of para-hydroxylation sites is 1. The second kappa shape index (κ2) is 10.1. The Morgan fingerprint density at radius 2 is 1.82 bits per heavy atom. The third-order valence-electron chi connectivity index (χ3n) is 4.67. The fourth-order valence-corrected chi connectivity index (χ4v) is 4.10. The molecule has 4 rings (SSSR count). The molecule has 1 N–H and O–H groups in total. The van der Waals surface area contributed by atoms with E-state index in [1.165, 1.54) is 29.7 Å². The van der Waals surface area contributed by atoms with Crippen LogP contribution in [0, 0.1) is 24.0 Å². The zero-order valence-electron chi connectivity index (χ0n) is 18.1. The van der Waals surface area contributed by atoms with Crippen LogP contribution in [0.5, 0.6) is 11.5 Å². The SMILES string of the molecule is Cc1cc(C)cc(OCCOc2ccc([N+](=O)[O-])cc2C=NNc2nc3ccccc3s2)c1. The number of benzene rings is 3. The first-order valence-electron chi connectivity index (χ1n) is 10.2. The maximum absolute atomic E-state index is 11.2. The Labute approximate surface area is 194 Å². The molecule has 0 unspecified atom stereocenters. The van der Waals surface area contributed by atoms with Crippen LogP contribution < -0.4 is 14.9 Å². The van der Waals surface area contributed by atoms with E-state index < -0.39 is 4.92 Å². The Bertz CT molecular complexity index is 1270. The zero-order chi connectivity index (χ0) is 23.2. The minimum absolute atomic E-state index is 0.0460. The molecule has 9 heteroatoms. The van der Waals surface area contributed by atoms with Gasteiger partial charge in [-0.1, -0.05) is 29.5 Å². The average Bonchev–Trinajstić information content (AvgIpc) is 3.19. The summed E-state index contributed by atoms with van der Waals surface area (Å²) >= 11 is 1.47. The van der Waals surface area contributed by atoms with Crippen molar-refractivity contribution in [2.24, 2.45) is 5.10 Å². The van der Waals surface area contributed by atoms with E-state index in [9.17, 15) is 10.1 Å². The smallest absolute Gasteiger partial charge is 0.270 e. The number of nitrogens with zero attached hydrogens (tertiary/aromatic N) is 3. The molecule has 1 heterocycles. The van der Waals surface area contributed by atoms with Gasteiger partial charge >= 0.3 is 0 Å². The van der Waals surface area contributed by atoms with Gasteiger partial charge in [-0.25, -0.2) is 4.98 Å². The molecule has 0 aliphatic rings. The first-order chi connectivity index (χ1) is 16.0. The predicted molar refractivity (Wildman–Crippen MR) is 131 cm³/mol. The van der Waals surface area contributed by atoms with Crippen LogP contribution in [0.25, 0.3) is 10.2 Å². The highest BCUT2D eigenvalue weighted by atomic mass is 32.1. The van der Waals surface area contributed by atoms with Gasteiger partial charge in [0.1, 0.15) is 24.7 Å². The van der Waals surface area contributed by atoms with Crippen LogP contribution in [0.1, 0.15) is 16.7 Å². The molecule has 168 valence electrons. The predicted octanol–water partition coefficient (Wildman–Crippen LogP) is 5.73. The fourth-order valence-electron chi connectivity index (χ4n) is 3.29. The Hall–Kier alpha value is -3.98. The number of fused-ring (bicyclic) bond motifs is 1. The molecule has 0 saturated heterocycles. The molecule has 3 aromatic carbocycles. The molecule has 8 nitrogen and oxygen atoms in total. The highest BCUT2D eigenvalue weighted by molar-refractivity contribution is 7.22. The summed E-state index contributed by atoms with van der Waals surface area (Å²) in [7, 11) is 0. The van der Waals surface area contributed by atoms with E-state index in [0.29, 0.717) is 23.1 Å². The number of nitro benzene ring substituents is 1. The monoisotopic (exact) mass is 462 g/mol. The lowest BCUT2D eigenvalue weighted by Crippen LogP contribution is -2.10. The number of hydrogen-bond acceptors (Lipinski definition) is 8. The van der Waals surface area contributed by atoms with Gasteiger partial charge < -0.3 is 9.47 Å². The summed E-state index contributed by atoms with van der Waals surface area (Å²) in [5.74, 6) is 1.25. The van der Waals surface area contributed by atoms with Gasteiger partial charge in [0.05, 0.1) is 21.4 Å². The molecule has 1 aromatic heterocycles. The lowest BCUT2D eigenvalue weighted by atomic mass is 10.1. The van der Waals surface area contributed by atoms with E-state index in [2.05, 4.69) is 21.6 Å². The van der Waals surface area contributed by atoms with Crippen molar-refractivity contribution < 1.29 is 14.4 Å². The van der Waals surface area contributed by atoms with Crippen molar-refractivity contribution in [2.45, 2.75) is 13.8 Å². The van der Waals surface area contributed by atoms with Crippen LogP contribution in [0.3, 0.4) is 0 Å². The van der Waals surface area contributed by atoms with E-state index in [4.69, 9.17) is 9.47 Å². The molecule has 0 amide bonds. The number of hydrogen-bond donors (Lipinski definition) is 1. The third kappa shape index (κ3) is 5.83. The van der Waals surface area contributed by atoms with Gasteiger partial charge in [-0.05, 0) is 55.3 Å². The molecule has 0 atom stereocenters. The first kappa shape index (κ1) is 22.2. The Morgan fingerprint density at radius 3 is 2.58 bits per heavy atom. The molecule has 0 aliphatic heterocycles. The number of nitrogens with one attached hydrogen (secondary N) is 1. The molecular formula is C24H22N4O4S.